The summed E-state index contributed by atoms with van der Waals surface area (Å²) in [5.74, 6) is 1.13. The minimum atomic E-state index is 0.312. The van der Waals surface area contributed by atoms with Crippen LogP contribution in [0.2, 0.25) is 5.02 Å². The van der Waals surface area contributed by atoms with Crippen molar-refractivity contribution in [3.8, 4) is 11.5 Å². The molecule has 0 heterocycles. The molecule has 0 saturated carbocycles. The van der Waals surface area contributed by atoms with Crippen molar-refractivity contribution in [3.63, 3.8) is 0 Å². The lowest BCUT2D eigenvalue weighted by Crippen LogP contribution is -1.99. The molecule has 0 aliphatic heterocycles. The first kappa shape index (κ1) is 13.4. The fraction of sp³-hybridized carbons (Fsp3) is 0.133. The molecule has 0 N–H and O–H groups in total. The number of rotatable bonds is 5. The van der Waals surface area contributed by atoms with E-state index in [1.807, 2.05) is 18.2 Å². The highest BCUT2D eigenvalue weighted by atomic mass is 35.5. The van der Waals surface area contributed by atoms with Gasteiger partial charge >= 0.3 is 0 Å². The van der Waals surface area contributed by atoms with Gasteiger partial charge in [0.05, 0.1) is 12.7 Å². The lowest BCUT2D eigenvalue weighted by Gasteiger charge is -2.10. The van der Waals surface area contributed by atoms with E-state index in [9.17, 15) is 4.79 Å². The smallest absolute Gasteiger partial charge is 0.153 e. The van der Waals surface area contributed by atoms with Gasteiger partial charge in [-0.2, -0.15) is 0 Å². The Morgan fingerprint density at radius 1 is 1.21 bits per heavy atom. The maximum atomic E-state index is 11.0. The Hall–Kier alpha value is -2.00. The zero-order chi connectivity index (χ0) is 13.7. The van der Waals surface area contributed by atoms with E-state index in [-0.39, 0.29) is 0 Å². The lowest BCUT2D eigenvalue weighted by molar-refractivity contribution is 0.111. The third-order valence-electron chi connectivity index (χ3n) is 2.68. The van der Waals surface area contributed by atoms with Crippen LogP contribution >= 0.6 is 11.6 Å². The van der Waals surface area contributed by atoms with E-state index in [0.717, 1.165) is 11.8 Å². The second kappa shape index (κ2) is 6.25. The van der Waals surface area contributed by atoms with E-state index < -0.39 is 0 Å². The molecule has 98 valence electrons. The first-order valence-electron chi connectivity index (χ1n) is 5.74. The number of methoxy groups -OCH3 is 1. The standard InChI is InChI=1S/C15H13ClO3/c1-18-13-6-7-15(12(8-13)9-17)19-10-11-4-2-3-5-14(11)16/h2-9H,10H2,1H3. The summed E-state index contributed by atoms with van der Waals surface area (Å²) in [6.07, 6.45) is 0.741. The zero-order valence-corrected chi connectivity index (χ0v) is 11.2. The summed E-state index contributed by atoms with van der Waals surface area (Å²) in [6, 6.07) is 12.5. The summed E-state index contributed by atoms with van der Waals surface area (Å²) < 4.78 is 10.7. The molecule has 4 heteroatoms. The molecule has 0 fully saturated rings. The molecule has 2 aromatic rings. The van der Waals surface area contributed by atoms with Crippen molar-refractivity contribution >= 4 is 17.9 Å². The number of ether oxygens (including phenoxy) is 2. The highest BCUT2D eigenvalue weighted by molar-refractivity contribution is 6.31. The van der Waals surface area contributed by atoms with Gasteiger partial charge in [0.15, 0.2) is 6.29 Å². The van der Waals surface area contributed by atoms with E-state index >= 15 is 0 Å². The first-order valence-corrected chi connectivity index (χ1v) is 6.12. The number of carbonyl (C=O) groups is 1. The van der Waals surface area contributed by atoms with Crippen LogP contribution in [0.3, 0.4) is 0 Å². The van der Waals surface area contributed by atoms with Crippen molar-refractivity contribution in [1.82, 2.24) is 0 Å². The molecule has 0 aliphatic carbocycles. The minimum Gasteiger partial charge on any atom is -0.497 e. The average Bonchev–Trinajstić information content (AvgIpc) is 2.46. The molecule has 2 rings (SSSR count). The Morgan fingerprint density at radius 2 is 2.00 bits per heavy atom. The lowest BCUT2D eigenvalue weighted by atomic mass is 10.2. The van der Waals surface area contributed by atoms with Gasteiger partial charge in [0, 0.05) is 10.6 Å². The van der Waals surface area contributed by atoms with Crippen molar-refractivity contribution in [1.29, 1.82) is 0 Å². The zero-order valence-electron chi connectivity index (χ0n) is 10.4. The topological polar surface area (TPSA) is 35.5 Å². The van der Waals surface area contributed by atoms with Crippen molar-refractivity contribution in [2.75, 3.05) is 7.11 Å². The highest BCUT2D eigenvalue weighted by Gasteiger charge is 2.06. The number of hydrogen-bond acceptors (Lipinski definition) is 3. The van der Waals surface area contributed by atoms with Gasteiger partial charge in [0.25, 0.3) is 0 Å². The van der Waals surface area contributed by atoms with Crippen LogP contribution in [0.4, 0.5) is 0 Å². The van der Waals surface area contributed by atoms with E-state index in [2.05, 4.69) is 0 Å². The van der Waals surface area contributed by atoms with Gasteiger partial charge in [0.1, 0.15) is 18.1 Å². The summed E-state index contributed by atoms with van der Waals surface area (Å²) in [6.45, 7) is 0.312. The summed E-state index contributed by atoms with van der Waals surface area (Å²) >= 11 is 6.04. The largest absolute Gasteiger partial charge is 0.497 e. The SMILES string of the molecule is COc1ccc(OCc2ccccc2Cl)c(C=O)c1. The predicted molar refractivity (Wildman–Crippen MR) is 74.2 cm³/mol. The summed E-state index contributed by atoms with van der Waals surface area (Å²) in [5, 5.41) is 0.642. The van der Waals surface area contributed by atoms with Gasteiger partial charge in [-0.1, -0.05) is 29.8 Å². The minimum absolute atomic E-state index is 0.312. The third-order valence-corrected chi connectivity index (χ3v) is 3.05. The number of carbonyl (C=O) groups excluding carboxylic acids is 1. The molecular weight excluding hydrogens is 264 g/mol. The van der Waals surface area contributed by atoms with Crippen LogP contribution in [0, 0.1) is 0 Å². The van der Waals surface area contributed by atoms with E-state index in [1.165, 1.54) is 0 Å². The second-order valence-corrected chi connectivity index (χ2v) is 4.31. The van der Waals surface area contributed by atoms with Gasteiger partial charge in [-0.15, -0.1) is 0 Å². The third kappa shape index (κ3) is 3.26. The Bertz CT molecular complexity index is 581. The predicted octanol–water partition coefficient (Wildman–Crippen LogP) is 3.74. The molecule has 0 aliphatic rings. The van der Waals surface area contributed by atoms with Crippen LogP contribution in [0.1, 0.15) is 15.9 Å². The normalized spacial score (nSPS) is 10.0. The highest BCUT2D eigenvalue weighted by Crippen LogP contribution is 2.24. The molecule has 0 unspecified atom stereocenters. The van der Waals surface area contributed by atoms with Crippen LogP contribution in [0.5, 0.6) is 11.5 Å². The van der Waals surface area contributed by atoms with Gasteiger partial charge in [-0.05, 0) is 24.3 Å². The Balaban J connectivity index is 2.15. The maximum absolute atomic E-state index is 11.0. The molecule has 0 bridgehead atoms. The molecule has 0 radical (unpaired) electrons. The number of halogens is 1. The quantitative estimate of drug-likeness (QED) is 0.781. The van der Waals surface area contributed by atoms with Crippen LogP contribution < -0.4 is 9.47 Å². The number of aldehydes is 1. The molecule has 2 aromatic carbocycles. The summed E-state index contributed by atoms with van der Waals surface area (Å²) in [7, 11) is 1.55. The van der Waals surface area contributed by atoms with Crippen LogP contribution in [0.15, 0.2) is 42.5 Å². The molecule has 0 aromatic heterocycles. The monoisotopic (exact) mass is 276 g/mol. The van der Waals surface area contributed by atoms with E-state index in [0.29, 0.717) is 28.7 Å². The van der Waals surface area contributed by atoms with Crippen molar-refractivity contribution < 1.29 is 14.3 Å². The van der Waals surface area contributed by atoms with Crippen molar-refractivity contribution in [2.24, 2.45) is 0 Å². The molecule has 3 nitrogen and oxygen atoms in total. The summed E-state index contributed by atoms with van der Waals surface area (Å²) in [5.41, 5.74) is 1.32. The number of hydrogen-bond donors (Lipinski definition) is 0. The van der Waals surface area contributed by atoms with Gasteiger partial charge in [-0.3, -0.25) is 4.79 Å². The fourth-order valence-corrected chi connectivity index (χ4v) is 1.84. The maximum Gasteiger partial charge on any atom is 0.153 e. The summed E-state index contributed by atoms with van der Waals surface area (Å²) in [4.78, 5) is 11.0. The van der Waals surface area contributed by atoms with Gasteiger partial charge < -0.3 is 9.47 Å². The van der Waals surface area contributed by atoms with Crippen LogP contribution in [0.25, 0.3) is 0 Å². The molecule has 0 saturated heterocycles. The Labute approximate surface area is 116 Å². The van der Waals surface area contributed by atoms with Gasteiger partial charge in [0.2, 0.25) is 0 Å². The van der Waals surface area contributed by atoms with E-state index in [4.69, 9.17) is 21.1 Å². The number of benzene rings is 2. The van der Waals surface area contributed by atoms with E-state index in [1.54, 1.807) is 31.4 Å². The molecule has 0 spiro atoms. The average molecular weight is 277 g/mol. The first-order chi connectivity index (χ1) is 9.24. The second-order valence-electron chi connectivity index (χ2n) is 3.90. The Morgan fingerprint density at radius 3 is 2.68 bits per heavy atom. The molecule has 19 heavy (non-hydrogen) atoms. The molecular formula is C15H13ClO3. The molecule has 0 atom stereocenters. The van der Waals surface area contributed by atoms with Crippen molar-refractivity contribution in [2.45, 2.75) is 6.61 Å². The fourth-order valence-electron chi connectivity index (χ4n) is 1.65. The van der Waals surface area contributed by atoms with Crippen LogP contribution in [-0.4, -0.2) is 13.4 Å². The molecule has 0 amide bonds. The van der Waals surface area contributed by atoms with Crippen LogP contribution in [-0.2, 0) is 6.61 Å². The van der Waals surface area contributed by atoms with Crippen molar-refractivity contribution in [3.05, 3.63) is 58.6 Å². The Kier molecular flexibility index (Phi) is 4.42. The van der Waals surface area contributed by atoms with Gasteiger partial charge in [-0.25, -0.2) is 0 Å².